The number of benzene rings is 1. The highest BCUT2D eigenvalue weighted by atomic mass is 15.2. The van der Waals surface area contributed by atoms with Crippen molar-refractivity contribution in [2.45, 2.75) is 13.3 Å². The Kier molecular flexibility index (Phi) is 3.28. The van der Waals surface area contributed by atoms with E-state index in [1.165, 1.54) is 0 Å². The number of para-hydroxylation sites is 1. The Bertz CT molecular complexity index is 814. The molecule has 0 aliphatic heterocycles. The van der Waals surface area contributed by atoms with Crippen LogP contribution in [0.3, 0.4) is 0 Å². The van der Waals surface area contributed by atoms with Gasteiger partial charge in [-0.1, -0.05) is 18.2 Å². The van der Waals surface area contributed by atoms with Crippen LogP contribution in [0.5, 0.6) is 0 Å². The normalized spacial score (nSPS) is 10.5. The molecule has 0 bridgehead atoms. The lowest BCUT2D eigenvalue weighted by molar-refractivity contribution is 1.01. The average molecular weight is 277 g/mol. The van der Waals surface area contributed by atoms with Crippen LogP contribution in [0.2, 0.25) is 0 Å². The Morgan fingerprint density at radius 1 is 1.29 bits per heavy atom. The van der Waals surface area contributed by atoms with Crippen LogP contribution in [-0.4, -0.2) is 21.4 Å². The Labute approximate surface area is 123 Å². The summed E-state index contributed by atoms with van der Waals surface area (Å²) in [5.74, 6) is 0.774. The van der Waals surface area contributed by atoms with Crippen molar-refractivity contribution in [1.29, 1.82) is 5.26 Å². The van der Waals surface area contributed by atoms with Crippen molar-refractivity contribution in [3.8, 4) is 6.07 Å². The third-order valence-electron chi connectivity index (χ3n) is 3.53. The van der Waals surface area contributed by atoms with E-state index in [-0.39, 0.29) is 0 Å². The van der Waals surface area contributed by atoms with Gasteiger partial charge in [0.15, 0.2) is 11.5 Å². The average Bonchev–Trinajstić information content (AvgIpc) is 2.84. The summed E-state index contributed by atoms with van der Waals surface area (Å²) in [6.45, 7) is 1.92. The molecule has 2 heterocycles. The summed E-state index contributed by atoms with van der Waals surface area (Å²) in [5.41, 5.74) is 3.59. The number of aromatic nitrogens is 3. The maximum absolute atomic E-state index is 8.96. The van der Waals surface area contributed by atoms with E-state index < -0.39 is 0 Å². The molecular weight excluding hydrogens is 262 g/mol. The number of hydrogen-bond acceptors (Lipinski definition) is 4. The van der Waals surface area contributed by atoms with E-state index >= 15 is 0 Å². The number of fused-ring (bicyclic) bond motifs is 1. The van der Waals surface area contributed by atoms with Crippen LogP contribution < -0.4 is 4.90 Å². The molecule has 104 valence electrons. The molecule has 0 fully saturated rings. The van der Waals surface area contributed by atoms with Crippen LogP contribution in [0, 0.1) is 18.3 Å². The molecule has 0 aliphatic rings. The monoisotopic (exact) mass is 277 g/mol. The number of nitriles is 1. The Morgan fingerprint density at radius 2 is 2.05 bits per heavy atom. The molecule has 5 nitrogen and oxygen atoms in total. The standard InChI is InChI=1S/C16H15N5/c1-12-14(8-9-17)21-11-10-18-15(16(21)19-12)20(2)13-6-4-3-5-7-13/h3-7,10-11H,8H2,1-2H3. The zero-order valence-corrected chi connectivity index (χ0v) is 12.0. The van der Waals surface area contributed by atoms with Gasteiger partial charge in [-0.3, -0.25) is 4.40 Å². The predicted octanol–water partition coefficient (Wildman–Crippen LogP) is 2.87. The van der Waals surface area contributed by atoms with Crippen LogP contribution in [-0.2, 0) is 6.42 Å². The zero-order valence-electron chi connectivity index (χ0n) is 12.0. The summed E-state index contributed by atoms with van der Waals surface area (Å²) in [6, 6.07) is 12.2. The van der Waals surface area contributed by atoms with Crippen molar-refractivity contribution in [1.82, 2.24) is 14.4 Å². The molecule has 0 saturated carbocycles. The van der Waals surface area contributed by atoms with Gasteiger partial charge in [-0.05, 0) is 19.1 Å². The fraction of sp³-hybridized carbons (Fsp3) is 0.188. The minimum atomic E-state index is 0.339. The highest BCUT2D eigenvalue weighted by molar-refractivity contribution is 5.72. The number of anilines is 2. The predicted molar refractivity (Wildman–Crippen MR) is 81.5 cm³/mol. The molecule has 0 amide bonds. The lowest BCUT2D eigenvalue weighted by Crippen LogP contribution is -2.12. The summed E-state index contributed by atoms with van der Waals surface area (Å²) in [7, 11) is 1.96. The minimum Gasteiger partial charge on any atom is -0.326 e. The lowest BCUT2D eigenvalue weighted by atomic mass is 10.3. The highest BCUT2D eigenvalue weighted by Crippen LogP contribution is 2.26. The summed E-state index contributed by atoms with van der Waals surface area (Å²) < 4.78 is 1.94. The van der Waals surface area contributed by atoms with E-state index in [0.29, 0.717) is 6.42 Å². The number of hydrogen-bond donors (Lipinski definition) is 0. The van der Waals surface area contributed by atoms with Gasteiger partial charge in [0.05, 0.1) is 23.9 Å². The van der Waals surface area contributed by atoms with E-state index in [0.717, 1.165) is 28.5 Å². The molecule has 0 aliphatic carbocycles. The van der Waals surface area contributed by atoms with Crippen LogP contribution in [0.25, 0.3) is 5.65 Å². The van der Waals surface area contributed by atoms with Gasteiger partial charge in [-0.2, -0.15) is 5.26 Å². The van der Waals surface area contributed by atoms with Crippen molar-refractivity contribution in [3.63, 3.8) is 0 Å². The number of imidazole rings is 1. The largest absolute Gasteiger partial charge is 0.326 e. The molecule has 3 aromatic rings. The van der Waals surface area contributed by atoms with E-state index in [1.54, 1.807) is 6.20 Å². The first-order valence-electron chi connectivity index (χ1n) is 6.70. The van der Waals surface area contributed by atoms with E-state index in [1.807, 2.05) is 59.8 Å². The van der Waals surface area contributed by atoms with Crippen molar-refractivity contribution < 1.29 is 0 Å². The minimum absolute atomic E-state index is 0.339. The number of rotatable bonds is 3. The second-order valence-corrected chi connectivity index (χ2v) is 4.82. The van der Waals surface area contributed by atoms with Gasteiger partial charge in [0.25, 0.3) is 0 Å². The van der Waals surface area contributed by atoms with Crippen molar-refractivity contribution >= 4 is 17.2 Å². The summed E-state index contributed by atoms with van der Waals surface area (Å²) >= 11 is 0. The maximum atomic E-state index is 8.96. The molecule has 2 aromatic heterocycles. The van der Waals surface area contributed by atoms with Crippen LogP contribution in [0.1, 0.15) is 11.4 Å². The molecular formula is C16H15N5. The Morgan fingerprint density at radius 3 is 2.76 bits per heavy atom. The van der Waals surface area contributed by atoms with E-state index in [4.69, 9.17) is 5.26 Å². The van der Waals surface area contributed by atoms with E-state index in [9.17, 15) is 0 Å². The summed E-state index contributed by atoms with van der Waals surface area (Å²) in [4.78, 5) is 11.0. The van der Waals surface area contributed by atoms with Gasteiger partial charge < -0.3 is 4.90 Å². The SMILES string of the molecule is Cc1nc2c(N(C)c3ccccc3)nccn2c1CC#N. The fourth-order valence-electron chi connectivity index (χ4n) is 2.42. The van der Waals surface area contributed by atoms with Crippen molar-refractivity contribution in [2.24, 2.45) is 0 Å². The van der Waals surface area contributed by atoms with Gasteiger partial charge in [0, 0.05) is 25.1 Å². The number of aryl methyl sites for hydroxylation is 1. The molecule has 0 radical (unpaired) electrons. The first kappa shape index (κ1) is 13.1. The quantitative estimate of drug-likeness (QED) is 0.738. The molecule has 3 rings (SSSR count). The van der Waals surface area contributed by atoms with Gasteiger partial charge >= 0.3 is 0 Å². The topological polar surface area (TPSA) is 57.2 Å². The highest BCUT2D eigenvalue weighted by Gasteiger charge is 2.15. The van der Waals surface area contributed by atoms with Crippen molar-refractivity contribution in [2.75, 3.05) is 11.9 Å². The number of nitrogens with zero attached hydrogens (tertiary/aromatic N) is 5. The third kappa shape index (κ3) is 2.21. The molecule has 0 N–H and O–H groups in total. The maximum Gasteiger partial charge on any atom is 0.181 e. The van der Waals surface area contributed by atoms with Gasteiger partial charge in [0.2, 0.25) is 0 Å². The van der Waals surface area contributed by atoms with Gasteiger partial charge in [-0.15, -0.1) is 0 Å². The van der Waals surface area contributed by atoms with Crippen molar-refractivity contribution in [3.05, 3.63) is 54.1 Å². The molecule has 0 unspecified atom stereocenters. The smallest absolute Gasteiger partial charge is 0.181 e. The summed E-state index contributed by atoms with van der Waals surface area (Å²) in [5, 5.41) is 8.96. The van der Waals surface area contributed by atoms with E-state index in [2.05, 4.69) is 16.0 Å². The van der Waals surface area contributed by atoms with Gasteiger partial charge in [-0.25, -0.2) is 9.97 Å². The lowest BCUT2D eigenvalue weighted by Gasteiger charge is -2.18. The molecule has 0 atom stereocenters. The summed E-state index contributed by atoms with van der Waals surface area (Å²) in [6.07, 6.45) is 3.93. The van der Waals surface area contributed by atoms with Crippen LogP contribution in [0.15, 0.2) is 42.7 Å². The first-order chi connectivity index (χ1) is 10.2. The molecule has 0 spiro atoms. The second kappa shape index (κ2) is 5.25. The Balaban J connectivity index is 2.16. The molecule has 5 heteroatoms. The molecule has 1 aromatic carbocycles. The first-order valence-corrected chi connectivity index (χ1v) is 6.70. The molecule has 21 heavy (non-hydrogen) atoms. The zero-order chi connectivity index (χ0) is 14.8. The third-order valence-corrected chi connectivity index (χ3v) is 3.53. The fourth-order valence-corrected chi connectivity index (χ4v) is 2.42. The van der Waals surface area contributed by atoms with Gasteiger partial charge in [0.1, 0.15) is 0 Å². The van der Waals surface area contributed by atoms with Crippen LogP contribution in [0.4, 0.5) is 11.5 Å². The Hall–Kier alpha value is -2.87. The molecule has 0 saturated heterocycles. The second-order valence-electron chi connectivity index (χ2n) is 4.82. The van der Waals surface area contributed by atoms with Crippen LogP contribution >= 0.6 is 0 Å².